The maximum absolute atomic E-state index is 12.9. The van der Waals surface area contributed by atoms with Crippen LogP contribution in [0.1, 0.15) is 44.7 Å². The van der Waals surface area contributed by atoms with Crippen LogP contribution in [0.2, 0.25) is 5.02 Å². The molecular weight excluding hydrogens is 388 g/mol. The molecule has 2 amide bonds. The van der Waals surface area contributed by atoms with E-state index in [1.807, 2.05) is 43.3 Å². The zero-order chi connectivity index (χ0) is 21.4. The number of ether oxygens (including phenoxy) is 1. The number of benzene rings is 2. The molecule has 0 unspecified atom stereocenters. The zero-order valence-electron chi connectivity index (χ0n) is 17.4. The Morgan fingerprint density at radius 3 is 2.21 bits per heavy atom. The topological polar surface area (TPSA) is 58.6 Å². The Balaban J connectivity index is 2.10. The molecule has 2 aromatic carbocycles. The van der Waals surface area contributed by atoms with Crippen molar-refractivity contribution in [1.29, 1.82) is 0 Å². The molecule has 0 spiro atoms. The van der Waals surface area contributed by atoms with Crippen molar-refractivity contribution >= 4 is 23.4 Å². The van der Waals surface area contributed by atoms with E-state index in [9.17, 15) is 9.59 Å². The van der Waals surface area contributed by atoms with Gasteiger partial charge < -0.3 is 15.0 Å². The van der Waals surface area contributed by atoms with Gasteiger partial charge in [-0.3, -0.25) is 9.59 Å². The van der Waals surface area contributed by atoms with Gasteiger partial charge in [0.2, 0.25) is 5.91 Å². The first-order valence-electron chi connectivity index (χ1n) is 9.86. The van der Waals surface area contributed by atoms with Crippen LogP contribution < -0.4 is 10.1 Å². The number of halogens is 1. The molecule has 0 fully saturated rings. The maximum Gasteiger partial charge on any atom is 0.261 e. The molecule has 2 aromatic rings. The fourth-order valence-electron chi connectivity index (χ4n) is 2.87. The van der Waals surface area contributed by atoms with Crippen molar-refractivity contribution in [2.75, 3.05) is 13.2 Å². The van der Waals surface area contributed by atoms with Gasteiger partial charge in [-0.05, 0) is 55.2 Å². The summed E-state index contributed by atoms with van der Waals surface area (Å²) in [4.78, 5) is 26.8. The smallest absolute Gasteiger partial charge is 0.261 e. The van der Waals surface area contributed by atoms with Gasteiger partial charge in [0.15, 0.2) is 6.61 Å². The summed E-state index contributed by atoms with van der Waals surface area (Å²) < 4.78 is 5.69. The van der Waals surface area contributed by atoms with Gasteiger partial charge in [-0.25, -0.2) is 0 Å². The highest BCUT2D eigenvalue weighted by molar-refractivity contribution is 6.30. The maximum atomic E-state index is 12.9. The molecule has 0 aliphatic rings. The van der Waals surface area contributed by atoms with Crippen LogP contribution in [0.15, 0.2) is 48.5 Å². The summed E-state index contributed by atoms with van der Waals surface area (Å²) in [6.07, 6.45) is 0. The second-order valence-electron chi connectivity index (χ2n) is 7.23. The van der Waals surface area contributed by atoms with Crippen LogP contribution in [0.25, 0.3) is 0 Å². The predicted molar refractivity (Wildman–Crippen MR) is 116 cm³/mol. The van der Waals surface area contributed by atoms with E-state index in [-0.39, 0.29) is 18.4 Å². The highest BCUT2D eigenvalue weighted by Gasteiger charge is 2.26. The quantitative estimate of drug-likeness (QED) is 0.659. The van der Waals surface area contributed by atoms with Gasteiger partial charge >= 0.3 is 0 Å². The minimum atomic E-state index is -0.620. The van der Waals surface area contributed by atoms with Crippen molar-refractivity contribution in [1.82, 2.24) is 10.2 Å². The lowest BCUT2D eigenvalue weighted by Crippen LogP contribution is -2.49. The summed E-state index contributed by atoms with van der Waals surface area (Å²) in [5.74, 6) is 0.598. The Morgan fingerprint density at radius 2 is 1.66 bits per heavy atom. The molecule has 1 N–H and O–H groups in total. The number of carbonyl (C=O) groups excluding carboxylic acids is 2. The first-order valence-corrected chi connectivity index (χ1v) is 10.2. The third-order valence-corrected chi connectivity index (χ3v) is 4.95. The number of likely N-dealkylation sites (N-methyl/N-ethyl adjacent to an activating group) is 1. The van der Waals surface area contributed by atoms with Crippen molar-refractivity contribution in [3.05, 3.63) is 64.7 Å². The highest BCUT2D eigenvalue weighted by atomic mass is 35.5. The number of rotatable bonds is 9. The minimum absolute atomic E-state index is 0.141. The molecule has 0 aliphatic carbocycles. The third-order valence-electron chi connectivity index (χ3n) is 4.69. The van der Waals surface area contributed by atoms with E-state index in [0.717, 1.165) is 5.56 Å². The van der Waals surface area contributed by atoms with Crippen molar-refractivity contribution in [3.63, 3.8) is 0 Å². The van der Waals surface area contributed by atoms with E-state index < -0.39 is 6.04 Å². The van der Waals surface area contributed by atoms with Gasteiger partial charge in [0.05, 0.1) is 0 Å². The summed E-state index contributed by atoms with van der Waals surface area (Å²) in [5, 5.41) is 3.39. The number of nitrogens with zero attached hydrogens (tertiary/aromatic N) is 1. The number of hydrogen-bond donors (Lipinski definition) is 1. The fraction of sp³-hybridized carbons (Fsp3) is 0.391. The van der Waals surface area contributed by atoms with E-state index in [1.165, 1.54) is 10.5 Å². The summed E-state index contributed by atoms with van der Waals surface area (Å²) in [5.41, 5.74) is 2.10. The van der Waals surface area contributed by atoms with E-state index in [0.29, 0.717) is 29.8 Å². The zero-order valence-corrected chi connectivity index (χ0v) is 18.2. The third kappa shape index (κ3) is 6.79. The van der Waals surface area contributed by atoms with E-state index in [4.69, 9.17) is 16.3 Å². The van der Waals surface area contributed by atoms with Crippen LogP contribution in [-0.2, 0) is 16.1 Å². The molecular formula is C23H29ClN2O3. The molecule has 2 rings (SSSR count). The van der Waals surface area contributed by atoms with Crippen molar-refractivity contribution in [2.24, 2.45) is 0 Å². The average Bonchev–Trinajstić information content (AvgIpc) is 2.71. The van der Waals surface area contributed by atoms with Crippen LogP contribution in [0, 0.1) is 0 Å². The lowest BCUT2D eigenvalue weighted by atomic mass is 10.0. The Morgan fingerprint density at radius 1 is 1.03 bits per heavy atom. The van der Waals surface area contributed by atoms with E-state index >= 15 is 0 Å². The SMILES string of the molecule is CCNC(=O)[C@@H](C)N(Cc1ccc(Cl)cc1)C(=O)COc1ccc(C(C)C)cc1. The Kier molecular flexibility index (Phi) is 8.52. The lowest BCUT2D eigenvalue weighted by molar-refractivity contribution is -0.142. The predicted octanol–water partition coefficient (Wildman–Crippen LogP) is 4.40. The molecule has 0 saturated heterocycles. The Hall–Kier alpha value is -2.53. The van der Waals surface area contributed by atoms with Gasteiger partial charge in [-0.1, -0.05) is 49.7 Å². The summed E-state index contributed by atoms with van der Waals surface area (Å²) in [6, 6.07) is 14.3. The van der Waals surface area contributed by atoms with Gasteiger partial charge in [-0.15, -0.1) is 0 Å². The Labute approximate surface area is 178 Å². The van der Waals surface area contributed by atoms with Crippen LogP contribution >= 0.6 is 11.6 Å². The summed E-state index contributed by atoms with van der Waals surface area (Å²) in [6.45, 7) is 8.47. The van der Waals surface area contributed by atoms with Crippen LogP contribution in [-0.4, -0.2) is 35.9 Å². The molecule has 0 saturated carbocycles. The van der Waals surface area contributed by atoms with Crippen molar-refractivity contribution < 1.29 is 14.3 Å². The molecule has 0 aliphatic heterocycles. The van der Waals surface area contributed by atoms with Crippen molar-refractivity contribution in [3.8, 4) is 5.75 Å². The monoisotopic (exact) mass is 416 g/mol. The van der Waals surface area contributed by atoms with E-state index in [2.05, 4.69) is 19.2 Å². The number of nitrogens with one attached hydrogen (secondary N) is 1. The molecule has 5 nitrogen and oxygen atoms in total. The second-order valence-corrected chi connectivity index (χ2v) is 7.67. The number of amides is 2. The van der Waals surface area contributed by atoms with Gasteiger partial charge in [0, 0.05) is 18.1 Å². The first kappa shape index (κ1) is 22.8. The number of carbonyl (C=O) groups is 2. The van der Waals surface area contributed by atoms with Crippen molar-refractivity contribution in [2.45, 2.75) is 46.2 Å². The molecule has 29 heavy (non-hydrogen) atoms. The molecule has 0 bridgehead atoms. The van der Waals surface area contributed by atoms with Crippen LogP contribution in [0.5, 0.6) is 5.75 Å². The molecule has 0 aromatic heterocycles. The standard InChI is InChI=1S/C23H29ClN2O3/c1-5-25-23(28)17(4)26(14-18-6-10-20(24)11-7-18)22(27)15-29-21-12-8-19(9-13-21)16(2)3/h6-13,16-17H,5,14-15H2,1-4H3,(H,25,28)/t17-/m1/s1. The van der Waals surface area contributed by atoms with E-state index in [1.54, 1.807) is 19.1 Å². The largest absolute Gasteiger partial charge is 0.484 e. The minimum Gasteiger partial charge on any atom is -0.484 e. The van der Waals surface area contributed by atoms with Gasteiger partial charge in [-0.2, -0.15) is 0 Å². The van der Waals surface area contributed by atoms with Crippen LogP contribution in [0.3, 0.4) is 0 Å². The van der Waals surface area contributed by atoms with Gasteiger partial charge in [0.1, 0.15) is 11.8 Å². The molecule has 0 heterocycles. The molecule has 1 atom stereocenters. The van der Waals surface area contributed by atoms with Gasteiger partial charge in [0.25, 0.3) is 5.91 Å². The summed E-state index contributed by atoms with van der Waals surface area (Å²) >= 11 is 5.95. The first-order chi connectivity index (χ1) is 13.8. The second kappa shape index (κ2) is 10.9. The normalized spacial score (nSPS) is 11.8. The fourth-order valence-corrected chi connectivity index (χ4v) is 2.99. The molecule has 156 valence electrons. The number of hydrogen-bond acceptors (Lipinski definition) is 3. The average molecular weight is 417 g/mol. The summed E-state index contributed by atoms with van der Waals surface area (Å²) in [7, 11) is 0. The molecule has 6 heteroatoms. The van der Waals surface area contributed by atoms with Crippen LogP contribution in [0.4, 0.5) is 0 Å². The Bertz CT molecular complexity index is 804. The molecule has 0 radical (unpaired) electrons. The highest BCUT2D eigenvalue weighted by Crippen LogP contribution is 2.19. The lowest BCUT2D eigenvalue weighted by Gasteiger charge is -2.28.